The van der Waals surface area contributed by atoms with Gasteiger partial charge in [-0.3, -0.25) is 9.69 Å². The molecule has 1 saturated heterocycles. The van der Waals surface area contributed by atoms with Gasteiger partial charge < -0.3 is 10.1 Å². The molecule has 1 heterocycles. The maximum atomic E-state index is 12.2. The predicted octanol–water partition coefficient (Wildman–Crippen LogP) is 3.76. The average molecular weight is 338 g/mol. The van der Waals surface area contributed by atoms with Gasteiger partial charge in [-0.2, -0.15) is 10.2 Å². The molecule has 0 radical (unpaired) electrons. The third-order valence-corrected chi connectivity index (χ3v) is 4.04. The van der Waals surface area contributed by atoms with E-state index in [1.165, 1.54) is 0 Å². The Morgan fingerprint density at radius 1 is 1.12 bits per heavy atom. The summed E-state index contributed by atoms with van der Waals surface area (Å²) in [5.74, 6) is -0.0209. The number of hydrogen-bond donors (Lipinski definition) is 1. The van der Waals surface area contributed by atoms with Crippen molar-refractivity contribution in [3.8, 4) is 0 Å². The van der Waals surface area contributed by atoms with Crippen LogP contribution in [-0.2, 0) is 9.53 Å². The molecule has 1 N–H and O–H groups in total. The van der Waals surface area contributed by atoms with Crippen molar-refractivity contribution in [2.24, 2.45) is 10.2 Å². The van der Waals surface area contributed by atoms with Gasteiger partial charge in [0, 0.05) is 18.3 Å². The van der Waals surface area contributed by atoms with E-state index in [1.54, 1.807) is 0 Å². The summed E-state index contributed by atoms with van der Waals surface area (Å²) in [5, 5.41) is 11.3. The number of hydrogen-bond acceptors (Lipinski definition) is 5. The zero-order valence-electron chi connectivity index (χ0n) is 14.3. The maximum Gasteiger partial charge on any atom is 0.238 e. The van der Waals surface area contributed by atoms with Crippen molar-refractivity contribution in [1.29, 1.82) is 0 Å². The number of carbonyl (C=O) groups excluding carboxylic acids is 1. The summed E-state index contributed by atoms with van der Waals surface area (Å²) in [6.07, 6.45) is 0. The van der Waals surface area contributed by atoms with Gasteiger partial charge >= 0.3 is 0 Å². The molecule has 0 unspecified atom stereocenters. The standard InChI is InChI=1S/C19H22N4O2/c1-15-14-25-12-11-23(15)13-19(24)20-16-7-9-18(10-8-16)22-21-17-5-3-2-4-6-17/h2-10,15H,11-14H2,1H3,(H,20,24)/t15-/m1/s1. The van der Waals surface area contributed by atoms with Crippen LogP contribution >= 0.6 is 0 Å². The van der Waals surface area contributed by atoms with Gasteiger partial charge in [-0.05, 0) is 43.3 Å². The molecule has 25 heavy (non-hydrogen) atoms. The van der Waals surface area contributed by atoms with Crippen LogP contribution in [0.25, 0.3) is 0 Å². The first kappa shape index (κ1) is 17.3. The zero-order chi connectivity index (χ0) is 17.5. The Hall–Kier alpha value is -2.57. The first-order valence-corrected chi connectivity index (χ1v) is 8.39. The average Bonchev–Trinajstić information content (AvgIpc) is 2.64. The Balaban J connectivity index is 1.53. The van der Waals surface area contributed by atoms with Crippen molar-refractivity contribution in [1.82, 2.24) is 4.90 Å². The van der Waals surface area contributed by atoms with Gasteiger partial charge in [0.15, 0.2) is 0 Å². The highest BCUT2D eigenvalue weighted by atomic mass is 16.5. The molecule has 3 rings (SSSR count). The molecule has 1 aliphatic rings. The molecule has 0 aromatic heterocycles. The number of anilines is 1. The second-order valence-electron chi connectivity index (χ2n) is 6.03. The largest absolute Gasteiger partial charge is 0.379 e. The van der Waals surface area contributed by atoms with Crippen molar-refractivity contribution >= 4 is 23.0 Å². The third-order valence-electron chi connectivity index (χ3n) is 4.04. The summed E-state index contributed by atoms with van der Waals surface area (Å²) in [7, 11) is 0. The molecule has 0 aliphatic carbocycles. The molecule has 6 nitrogen and oxygen atoms in total. The fourth-order valence-corrected chi connectivity index (χ4v) is 2.60. The van der Waals surface area contributed by atoms with E-state index >= 15 is 0 Å². The Morgan fingerprint density at radius 3 is 2.48 bits per heavy atom. The first-order valence-electron chi connectivity index (χ1n) is 8.39. The van der Waals surface area contributed by atoms with Gasteiger partial charge in [-0.1, -0.05) is 18.2 Å². The minimum atomic E-state index is -0.0209. The van der Waals surface area contributed by atoms with Crippen LogP contribution in [0.2, 0.25) is 0 Å². The van der Waals surface area contributed by atoms with E-state index < -0.39 is 0 Å². The summed E-state index contributed by atoms with van der Waals surface area (Å²) in [6.45, 7) is 4.58. The molecule has 0 saturated carbocycles. The number of nitrogens with one attached hydrogen (secondary N) is 1. The highest BCUT2D eigenvalue weighted by Crippen LogP contribution is 2.20. The topological polar surface area (TPSA) is 66.3 Å². The van der Waals surface area contributed by atoms with Crippen LogP contribution in [0, 0.1) is 0 Å². The lowest BCUT2D eigenvalue weighted by Crippen LogP contribution is -2.47. The highest BCUT2D eigenvalue weighted by molar-refractivity contribution is 5.92. The molecule has 1 fully saturated rings. The van der Waals surface area contributed by atoms with Crippen LogP contribution in [0.1, 0.15) is 6.92 Å². The smallest absolute Gasteiger partial charge is 0.238 e. The number of morpholine rings is 1. The number of benzene rings is 2. The second-order valence-corrected chi connectivity index (χ2v) is 6.03. The fourth-order valence-electron chi connectivity index (χ4n) is 2.60. The van der Waals surface area contributed by atoms with Gasteiger partial charge in [0.25, 0.3) is 0 Å². The van der Waals surface area contributed by atoms with Gasteiger partial charge in [-0.15, -0.1) is 0 Å². The number of ether oxygens (including phenoxy) is 1. The Kier molecular flexibility index (Phi) is 5.87. The third kappa shape index (κ3) is 5.20. The van der Waals surface area contributed by atoms with Crippen molar-refractivity contribution in [3.63, 3.8) is 0 Å². The fraction of sp³-hybridized carbons (Fsp3) is 0.316. The molecular formula is C19H22N4O2. The Morgan fingerprint density at radius 2 is 1.80 bits per heavy atom. The van der Waals surface area contributed by atoms with E-state index in [1.807, 2.05) is 54.6 Å². The first-order chi connectivity index (χ1) is 12.2. The Labute approximate surface area is 147 Å². The number of rotatable bonds is 5. The number of amides is 1. The van der Waals surface area contributed by atoms with Crippen LogP contribution in [0.4, 0.5) is 17.1 Å². The van der Waals surface area contributed by atoms with E-state index in [-0.39, 0.29) is 11.9 Å². The summed E-state index contributed by atoms with van der Waals surface area (Å²) in [6, 6.07) is 17.2. The quantitative estimate of drug-likeness (QED) is 0.844. The molecule has 130 valence electrons. The minimum Gasteiger partial charge on any atom is -0.379 e. The van der Waals surface area contributed by atoms with Crippen LogP contribution in [0.15, 0.2) is 64.8 Å². The van der Waals surface area contributed by atoms with E-state index in [0.717, 1.165) is 23.6 Å². The monoisotopic (exact) mass is 338 g/mol. The van der Waals surface area contributed by atoms with Crippen molar-refractivity contribution < 1.29 is 9.53 Å². The zero-order valence-corrected chi connectivity index (χ0v) is 14.3. The van der Waals surface area contributed by atoms with Crippen molar-refractivity contribution in [2.75, 3.05) is 31.6 Å². The minimum absolute atomic E-state index is 0.0209. The number of carbonyl (C=O) groups is 1. The lowest BCUT2D eigenvalue weighted by atomic mass is 10.2. The van der Waals surface area contributed by atoms with Crippen LogP contribution in [-0.4, -0.2) is 43.2 Å². The summed E-state index contributed by atoms with van der Waals surface area (Å²) >= 11 is 0. The van der Waals surface area contributed by atoms with Gasteiger partial charge in [0.2, 0.25) is 5.91 Å². The normalized spacial score (nSPS) is 18.4. The lowest BCUT2D eigenvalue weighted by Gasteiger charge is -2.32. The second kappa shape index (κ2) is 8.50. The van der Waals surface area contributed by atoms with Crippen molar-refractivity contribution in [3.05, 3.63) is 54.6 Å². The van der Waals surface area contributed by atoms with Gasteiger partial charge in [0.1, 0.15) is 0 Å². The van der Waals surface area contributed by atoms with Crippen LogP contribution < -0.4 is 5.32 Å². The molecule has 0 spiro atoms. The Bertz CT molecular complexity index is 716. The highest BCUT2D eigenvalue weighted by Gasteiger charge is 2.20. The van der Waals surface area contributed by atoms with Crippen LogP contribution in [0.5, 0.6) is 0 Å². The molecule has 1 atom stereocenters. The van der Waals surface area contributed by atoms with E-state index in [2.05, 4.69) is 27.4 Å². The van der Waals surface area contributed by atoms with Crippen molar-refractivity contribution in [2.45, 2.75) is 13.0 Å². The van der Waals surface area contributed by atoms with E-state index in [9.17, 15) is 4.79 Å². The summed E-state index contributed by atoms with van der Waals surface area (Å²) in [4.78, 5) is 14.3. The molecule has 2 aromatic rings. The lowest BCUT2D eigenvalue weighted by molar-refractivity contribution is -0.119. The molecule has 1 amide bonds. The van der Waals surface area contributed by atoms with E-state index in [4.69, 9.17) is 4.74 Å². The summed E-state index contributed by atoms with van der Waals surface area (Å²) < 4.78 is 5.39. The van der Waals surface area contributed by atoms with Gasteiger partial charge in [-0.25, -0.2) is 0 Å². The number of nitrogens with zero attached hydrogens (tertiary/aromatic N) is 3. The van der Waals surface area contributed by atoms with E-state index in [0.29, 0.717) is 19.8 Å². The van der Waals surface area contributed by atoms with Gasteiger partial charge in [0.05, 0.1) is 31.1 Å². The molecule has 1 aliphatic heterocycles. The molecule has 6 heteroatoms. The molecule has 0 bridgehead atoms. The maximum absolute atomic E-state index is 12.2. The summed E-state index contributed by atoms with van der Waals surface area (Å²) in [5.41, 5.74) is 2.30. The number of azo groups is 1. The molecule has 2 aromatic carbocycles. The van der Waals surface area contributed by atoms with Crippen LogP contribution in [0.3, 0.4) is 0 Å². The predicted molar refractivity (Wildman–Crippen MR) is 97.5 cm³/mol. The molecular weight excluding hydrogens is 316 g/mol. The SMILES string of the molecule is C[C@@H]1COCCN1CC(=O)Nc1ccc(N=Nc2ccccc2)cc1.